The van der Waals surface area contributed by atoms with Gasteiger partial charge >= 0.3 is 0 Å². The summed E-state index contributed by atoms with van der Waals surface area (Å²) in [6, 6.07) is 35.6. The van der Waals surface area contributed by atoms with Crippen molar-refractivity contribution in [1.82, 2.24) is 9.13 Å². The molecule has 2 heterocycles. The highest BCUT2D eigenvalue weighted by Gasteiger charge is 2.19. The van der Waals surface area contributed by atoms with Gasteiger partial charge in [0.15, 0.2) is 0 Å². The van der Waals surface area contributed by atoms with Crippen LogP contribution in [-0.4, -0.2) is 9.13 Å². The molecule has 5 nitrogen and oxygen atoms in total. The first-order valence-electron chi connectivity index (χ1n) is 13.0. The Morgan fingerprint density at radius 2 is 0.821 bits per heavy atom. The van der Waals surface area contributed by atoms with Crippen molar-refractivity contribution >= 4 is 21.5 Å². The van der Waals surface area contributed by atoms with Crippen LogP contribution in [0.15, 0.2) is 119 Å². The van der Waals surface area contributed by atoms with Gasteiger partial charge in [-0.3, -0.25) is 9.59 Å². The van der Waals surface area contributed by atoms with Crippen LogP contribution in [0.5, 0.6) is 0 Å². The van der Waals surface area contributed by atoms with Crippen molar-refractivity contribution in [3.8, 4) is 22.3 Å². The number of hydrogen-bond acceptors (Lipinski definition) is 3. The van der Waals surface area contributed by atoms with Gasteiger partial charge < -0.3 is 13.9 Å². The fraction of sp³-hybridized carbons (Fsp3) is 0.118. The van der Waals surface area contributed by atoms with Gasteiger partial charge in [-0.25, -0.2) is 0 Å². The van der Waals surface area contributed by atoms with Gasteiger partial charge in [0, 0.05) is 36.0 Å². The molecule has 0 aliphatic carbocycles. The largest absolute Gasteiger partial charge is 0.369 e. The van der Waals surface area contributed by atoms with E-state index < -0.39 is 0 Å². The number of pyridine rings is 2. The van der Waals surface area contributed by atoms with Crippen molar-refractivity contribution in [3.05, 3.63) is 141 Å². The van der Waals surface area contributed by atoms with Crippen molar-refractivity contribution < 1.29 is 4.74 Å². The Morgan fingerprint density at radius 1 is 0.487 bits per heavy atom. The highest BCUT2D eigenvalue weighted by atomic mass is 16.5. The van der Waals surface area contributed by atoms with E-state index in [1.807, 2.05) is 84.9 Å². The topological polar surface area (TPSA) is 53.2 Å². The number of aromatic nitrogens is 2. The molecule has 0 aliphatic rings. The van der Waals surface area contributed by atoms with E-state index in [0.29, 0.717) is 10.8 Å². The molecule has 0 unspecified atom stereocenters. The van der Waals surface area contributed by atoms with E-state index >= 15 is 0 Å². The first-order chi connectivity index (χ1) is 19.1. The van der Waals surface area contributed by atoms with Crippen LogP contribution in [0.1, 0.15) is 11.4 Å². The van der Waals surface area contributed by atoms with Gasteiger partial charge in [0.05, 0.1) is 24.6 Å². The standard InChI is InChI=1S/C34H28N2O3/c1-35-29(31(23-13-5-3-6-14-23)25-17-9-11-19-27(25)33(35)37)21-39-22-30-32(24-15-7-4-8-16-24)26-18-10-12-20-28(26)34(38)36(30)2/h3-20H,21-22H2,1-2H3. The summed E-state index contributed by atoms with van der Waals surface area (Å²) < 4.78 is 9.75. The van der Waals surface area contributed by atoms with E-state index in [0.717, 1.165) is 44.4 Å². The minimum Gasteiger partial charge on any atom is -0.369 e. The third-order valence-corrected chi connectivity index (χ3v) is 7.45. The summed E-state index contributed by atoms with van der Waals surface area (Å²) in [5, 5.41) is 3.14. The molecule has 6 rings (SSSR count). The summed E-state index contributed by atoms with van der Waals surface area (Å²) in [5.41, 5.74) is 5.44. The number of hydrogen-bond donors (Lipinski definition) is 0. The molecule has 2 aromatic heterocycles. The first kappa shape index (κ1) is 24.6. The van der Waals surface area contributed by atoms with Gasteiger partial charge in [-0.2, -0.15) is 0 Å². The molecule has 39 heavy (non-hydrogen) atoms. The van der Waals surface area contributed by atoms with Crippen molar-refractivity contribution in [2.75, 3.05) is 0 Å². The predicted molar refractivity (Wildman–Crippen MR) is 158 cm³/mol. The van der Waals surface area contributed by atoms with Crippen LogP contribution in [0.3, 0.4) is 0 Å². The minimum atomic E-state index is -0.0630. The van der Waals surface area contributed by atoms with Crippen LogP contribution in [0.4, 0.5) is 0 Å². The minimum absolute atomic E-state index is 0.0630. The number of nitrogens with zero attached hydrogens (tertiary/aromatic N) is 2. The molecular formula is C34H28N2O3. The smallest absolute Gasteiger partial charge is 0.258 e. The highest BCUT2D eigenvalue weighted by Crippen LogP contribution is 2.33. The molecule has 4 aromatic carbocycles. The lowest BCUT2D eigenvalue weighted by Gasteiger charge is -2.20. The molecule has 0 aliphatic heterocycles. The van der Waals surface area contributed by atoms with Gasteiger partial charge in [0.2, 0.25) is 0 Å². The zero-order valence-electron chi connectivity index (χ0n) is 21.9. The average Bonchev–Trinajstić information content (AvgIpc) is 2.99. The molecule has 6 aromatic rings. The van der Waals surface area contributed by atoms with Crippen molar-refractivity contribution in [2.45, 2.75) is 13.2 Å². The van der Waals surface area contributed by atoms with Gasteiger partial charge in [-0.05, 0) is 34.0 Å². The molecule has 192 valence electrons. The van der Waals surface area contributed by atoms with E-state index in [4.69, 9.17) is 4.74 Å². The first-order valence-corrected chi connectivity index (χ1v) is 13.0. The van der Waals surface area contributed by atoms with Crippen LogP contribution in [-0.2, 0) is 32.0 Å². The molecule has 0 amide bonds. The number of fused-ring (bicyclic) bond motifs is 2. The fourth-order valence-corrected chi connectivity index (χ4v) is 5.46. The van der Waals surface area contributed by atoms with Gasteiger partial charge in [0.25, 0.3) is 11.1 Å². The maximum absolute atomic E-state index is 13.3. The van der Waals surface area contributed by atoms with Crippen molar-refractivity contribution in [1.29, 1.82) is 0 Å². The molecule has 0 radical (unpaired) electrons. The fourth-order valence-electron chi connectivity index (χ4n) is 5.46. The molecule has 0 saturated heterocycles. The van der Waals surface area contributed by atoms with Gasteiger partial charge in [0.1, 0.15) is 0 Å². The lowest BCUT2D eigenvalue weighted by atomic mass is 9.96. The molecule has 0 bridgehead atoms. The molecule has 5 heteroatoms. The Labute approximate surface area is 226 Å². The van der Waals surface area contributed by atoms with Gasteiger partial charge in [-0.1, -0.05) is 97.1 Å². The van der Waals surface area contributed by atoms with Crippen LogP contribution in [0.25, 0.3) is 43.8 Å². The predicted octanol–water partition coefficient (Wildman–Crippen LogP) is 6.44. The van der Waals surface area contributed by atoms with Crippen molar-refractivity contribution in [3.63, 3.8) is 0 Å². The molecule has 0 fully saturated rings. The Bertz CT molecular complexity index is 1800. The zero-order chi connectivity index (χ0) is 26.9. The lowest BCUT2D eigenvalue weighted by molar-refractivity contribution is 0.0982. The summed E-state index contributed by atoms with van der Waals surface area (Å²) in [4.78, 5) is 26.6. The third-order valence-electron chi connectivity index (χ3n) is 7.45. The number of rotatable bonds is 6. The van der Waals surface area contributed by atoms with E-state index in [1.165, 1.54) is 0 Å². The molecule has 0 saturated carbocycles. The van der Waals surface area contributed by atoms with Crippen LogP contribution < -0.4 is 11.1 Å². The third kappa shape index (κ3) is 4.27. The summed E-state index contributed by atoms with van der Waals surface area (Å²) in [5.74, 6) is 0. The molecule has 0 atom stereocenters. The van der Waals surface area contributed by atoms with E-state index in [1.54, 1.807) is 23.2 Å². The van der Waals surface area contributed by atoms with E-state index in [-0.39, 0.29) is 24.3 Å². The van der Waals surface area contributed by atoms with Gasteiger partial charge in [-0.15, -0.1) is 0 Å². The number of ether oxygens (including phenoxy) is 1. The monoisotopic (exact) mass is 512 g/mol. The Balaban J connectivity index is 1.47. The SMILES string of the molecule is Cn1c(COCc2c(-c3ccccc3)c3ccccc3c(=O)n2C)c(-c2ccccc2)c2ccccc2c1=O. The summed E-state index contributed by atoms with van der Waals surface area (Å²) >= 11 is 0. The summed E-state index contributed by atoms with van der Waals surface area (Å²) in [6.07, 6.45) is 0. The summed E-state index contributed by atoms with van der Waals surface area (Å²) in [6.45, 7) is 0.409. The Morgan fingerprint density at radius 3 is 1.21 bits per heavy atom. The Kier molecular flexibility index (Phi) is 6.43. The zero-order valence-corrected chi connectivity index (χ0v) is 21.9. The van der Waals surface area contributed by atoms with E-state index in [9.17, 15) is 9.59 Å². The Hall–Kier alpha value is -4.74. The van der Waals surface area contributed by atoms with Crippen LogP contribution in [0, 0.1) is 0 Å². The highest BCUT2D eigenvalue weighted by molar-refractivity contribution is 5.98. The van der Waals surface area contributed by atoms with E-state index in [2.05, 4.69) is 24.3 Å². The number of benzene rings is 4. The van der Waals surface area contributed by atoms with Crippen LogP contribution >= 0.6 is 0 Å². The second kappa shape index (κ2) is 10.2. The molecule has 0 N–H and O–H groups in total. The second-order valence-electron chi connectivity index (χ2n) is 9.69. The average molecular weight is 513 g/mol. The molecule has 0 spiro atoms. The second-order valence-corrected chi connectivity index (χ2v) is 9.69. The maximum Gasteiger partial charge on any atom is 0.258 e. The van der Waals surface area contributed by atoms with Crippen LogP contribution in [0.2, 0.25) is 0 Å². The lowest BCUT2D eigenvalue weighted by Crippen LogP contribution is -2.24. The molecular weight excluding hydrogens is 484 g/mol. The van der Waals surface area contributed by atoms with Crippen molar-refractivity contribution in [2.24, 2.45) is 14.1 Å². The normalized spacial score (nSPS) is 11.3. The quantitative estimate of drug-likeness (QED) is 0.258. The summed E-state index contributed by atoms with van der Waals surface area (Å²) in [7, 11) is 3.59. The maximum atomic E-state index is 13.3.